The van der Waals surface area contributed by atoms with Crippen LogP contribution in [0.3, 0.4) is 0 Å². The van der Waals surface area contributed by atoms with E-state index in [1.54, 1.807) is 0 Å². The maximum absolute atomic E-state index is 10.9. The van der Waals surface area contributed by atoms with E-state index in [0.29, 0.717) is 13.2 Å². The fourth-order valence-electron chi connectivity index (χ4n) is 1.45. The molecule has 0 heterocycles. The van der Waals surface area contributed by atoms with Crippen molar-refractivity contribution in [2.24, 2.45) is 0 Å². The molecule has 2 N–H and O–H groups in total. The second kappa shape index (κ2) is 6.69. The molecule has 0 saturated heterocycles. The Bertz CT molecular complexity index is 473. The van der Waals surface area contributed by atoms with E-state index in [9.17, 15) is 14.9 Å². The molecule has 0 aliphatic heterocycles. The molecule has 1 aromatic rings. The topological polar surface area (TPSA) is 102 Å². The number of carboxylic acids is 1. The zero-order valence-corrected chi connectivity index (χ0v) is 10.8. The highest BCUT2D eigenvalue weighted by molar-refractivity contribution is 5.89. The summed E-state index contributed by atoms with van der Waals surface area (Å²) in [4.78, 5) is 21.0. The number of carboxylic acid groups (broad SMARTS) is 1. The summed E-state index contributed by atoms with van der Waals surface area (Å²) in [5.41, 5.74) is -0.0949. The SMILES string of the molecule is CC(C)OCCNc1ccc(C(=O)O)cc1[N+](=O)[O-]. The predicted octanol–water partition coefficient (Wildman–Crippen LogP) is 2.13. The summed E-state index contributed by atoms with van der Waals surface area (Å²) in [6.45, 7) is 4.61. The van der Waals surface area contributed by atoms with Crippen LogP contribution in [0.2, 0.25) is 0 Å². The number of nitro benzene ring substituents is 1. The number of nitrogens with zero attached hydrogens (tertiary/aromatic N) is 1. The van der Waals surface area contributed by atoms with Gasteiger partial charge in [-0.15, -0.1) is 0 Å². The molecule has 1 aromatic carbocycles. The van der Waals surface area contributed by atoms with Crippen LogP contribution in [-0.4, -0.2) is 35.3 Å². The van der Waals surface area contributed by atoms with Gasteiger partial charge < -0.3 is 15.2 Å². The number of hydrogen-bond acceptors (Lipinski definition) is 5. The zero-order valence-electron chi connectivity index (χ0n) is 10.8. The molecule has 104 valence electrons. The molecule has 7 nitrogen and oxygen atoms in total. The van der Waals surface area contributed by atoms with Gasteiger partial charge in [-0.2, -0.15) is 0 Å². The molecule has 19 heavy (non-hydrogen) atoms. The molecule has 0 aliphatic carbocycles. The minimum absolute atomic E-state index is 0.0890. The van der Waals surface area contributed by atoms with Gasteiger partial charge in [0.15, 0.2) is 0 Å². The number of carbonyl (C=O) groups is 1. The van der Waals surface area contributed by atoms with Gasteiger partial charge in [-0.1, -0.05) is 0 Å². The smallest absolute Gasteiger partial charge is 0.335 e. The van der Waals surface area contributed by atoms with Gasteiger partial charge in [0, 0.05) is 12.6 Å². The molecule has 0 aliphatic rings. The number of hydrogen-bond donors (Lipinski definition) is 2. The van der Waals surface area contributed by atoms with Crippen molar-refractivity contribution < 1.29 is 19.6 Å². The van der Waals surface area contributed by atoms with Gasteiger partial charge in [0.05, 0.1) is 23.2 Å². The molecule has 1 rings (SSSR count). The first kappa shape index (κ1) is 14.9. The molecular formula is C12H16N2O5. The molecule has 7 heteroatoms. The average molecular weight is 268 g/mol. The number of aromatic carboxylic acids is 1. The Morgan fingerprint density at radius 1 is 1.53 bits per heavy atom. The van der Waals surface area contributed by atoms with Crippen LogP contribution in [-0.2, 0) is 4.74 Å². The van der Waals surface area contributed by atoms with Crippen molar-refractivity contribution in [3.8, 4) is 0 Å². The highest BCUT2D eigenvalue weighted by Gasteiger charge is 2.16. The van der Waals surface area contributed by atoms with Crippen LogP contribution in [0.15, 0.2) is 18.2 Å². The first-order valence-electron chi connectivity index (χ1n) is 5.79. The van der Waals surface area contributed by atoms with E-state index < -0.39 is 10.9 Å². The summed E-state index contributed by atoms with van der Waals surface area (Å²) in [6, 6.07) is 3.74. The predicted molar refractivity (Wildman–Crippen MR) is 69.6 cm³/mol. The van der Waals surface area contributed by atoms with Crippen molar-refractivity contribution >= 4 is 17.3 Å². The van der Waals surface area contributed by atoms with Crippen molar-refractivity contribution in [3.05, 3.63) is 33.9 Å². The van der Waals surface area contributed by atoms with Crippen molar-refractivity contribution in [2.75, 3.05) is 18.5 Å². The first-order chi connectivity index (χ1) is 8.91. The molecule has 0 amide bonds. The van der Waals surface area contributed by atoms with Crippen LogP contribution in [0.4, 0.5) is 11.4 Å². The fraction of sp³-hybridized carbons (Fsp3) is 0.417. The third-order valence-corrected chi connectivity index (χ3v) is 2.31. The molecule has 0 bridgehead atoms. The highest BCUT2D eigenvalue weighted by Crippen LogP contribution is 2.25. The van der Waals surface area contributed by atoms with Crippen molar-refractivity contribution in [1.82, 2.24) is 0 Å². The Kier molecular flexibility index (Phi) is 5.25. The van der Waals surface area contributed by atoms with E-state index in [1.165, 1.54) is 12.1 Å². The van der Waals surface area contributed by atoms with Gasteiger partial charge in [-0.3, -0.25) is 10.1 Å². The molecule has 0 spiro atoms. The second-order valence-corrected chi connectivity index (χ2v) is 4.14. The van der Waals surface area contributed by atoms with E-state index in [1.807, 2.05) is 13.8 Å². The first-order valence-corrected chi connectivity index (χ1v) is 5.79. The Balaban J connectivity index is 2.77. The van der Waals surface area contributed by atoms with Gasteiger partial charge >= 0.3 is 5.97 Å². The maximum Gasteiger partial charge on any atom is 0.335 e. The quantitative estimate of drug-likeness (QED) is 0.446. The van der Waals surface area contributed by atoms with E-state index in [4.69, 9.17) is 9.84 Å². The van der Waals surface area contributed by atoms with Gasteiger partial charge in [0.1, 0.15) is 5.69 Å². The lowest BCUT2D eigenvalue weighted by Crippen LogP contribution is -2.14. The third-order valence-electron chi connectivity index (χ3n) is 2.31. The number of rotatable bonds is 7. The highest BCUT2D eigenvalue weighted by atomic mass is 16.6. The zero-order chi connectivity index (χ0) is 14.4. The second-order valence-electron chi connectivity index (χ2n) is 4.14. The molecular weight excluding hydrogens is 252 g/mol. The molecule has 0 fully saturated rings. The number of nitro groups is 1. The average Bonchev–Trinajstić information content (AvgIpc) is 2.34. The summed E-state index contributed by atoms with van der Waals surface area (Å²) in [5.74, 6) is -1.20. The standard InChI is InChI=1S/C12H16N2O5/c1-8(2)19-6-5-13-10-4-3-9(12(15)16)7-11(10)14(17)18/h3-4,7-8,13H,5-6H2,1-2H3,(H,15,16). The van der Waals surface area contributed by atoms with Gasteiger partial charge in [0.2, 0.25) is 0 Å². The third kappa shape index (κ3) is 4.55. The van der Waals surface area contributed by atoms with E-state index in [-0.39, 0.29) is 23.0 Å². The van der Waals surface area contributed by atoms with Gasteiger partial charge in [-0.05, 0) is 26.0 Å². The van der Waals surface area contributed by atoms with Crippen LogP contribution in [0, 0.1) is 10.1 Å². The fourth-order valence-corrected chi connectivity index (χ4v) is 1.45. The van der Waals surface area contributed by atoms with Crippen molar-refractivity contribution in [3.63, 3.8) is 0 Å². The van der Waals surface area contributed by atoms with Gasteiger partial charge in [-0.25, -0.2) is 4.79 Å². The van der Waals surface area contributed by atoms with Crippen LogP contribution >= 0.6 is 0 Å². The van der Waals surface area contributed by atoms with Gasteiger partial charge in [0.25, 0.3) is 5.69 Å². The van der Waals surface area contributed by atoms with E-state index in [0.717, 1.165) is 6.07 Å². The van der Waals surface area contributed by atoms with Crippen LogP contribution in [0.25, 0.3) is 0 Å². The monoisotopic (exact) mass is 268 g/mol. The Labute approximate surface area is 110 Å². The summed E-state index contributed by atoms with van der Waals surface area (Å²) >= 11 is 0. The van der Waals surface area contributed by atoms with E-state index >= 15 is 0 Å². The van der Waals surface area contributed by atoms with Crippen molar-refractivity contribution in [2.45, 2.75) is 20.0 Å². The van der Waals surface area contributed by atoms with Crippen LogP contribution < -0.4 is 5.32 Å². The summed E-state index contributed by atoms with van der Waals surface area (Å²) < 4.78 is 5.30. The molecule has 0 saturated carbocycles. The lowest BCUT2D eigenvalue weighted by atomic mass is 10.1. The number of anilines is 1. The van der Waals surface area contributed by atoms with E-state index in [2.05, 4.69) is 5.32 Å². The lowest BCUT2D eigenvalue weighted by molar-refractivity contribution is -0.384. The maximum atomic E-state index is 10.9. The summed E-state index contributed by atoms with van der Waals surface area (Å²) in [6.07, 6.45) is 0.0890. The minimum Gasteiger partial charge on any atom is -0.478 e. The molecule has 0 radical (unpaired) electrons. The molecule has 0 unspecified atom stereocenters. The summed E-state index contributed by atoms with van der Waals surface area (Å²) in [5, 5.41) is 22.5. The summed E-state index contributed by atoms with van der Waals surface area (Å²) in [7, 11) is 0. The Hall–Kier alpha value is -2.15. The van der Waals surface area contributed by atoms with Crippen molar-refractivity contribution in [1.29, 1.82) is 0 Å². The number of benzene rings is 1. The molecule has 0 aromatic heterocycles. The minimum atomic E-state index is -1.20. The Morgan fingerprint density at radius 2 is 2.21 bits per heavy atom. The van der Waals surface area contributed by atoms with Crippen LogP contribution in [0.5, 0.6) is 0 Å². The molecule has 0 atom stereocenters. The Morgan fingerprint density at radius 3 is 2.74 bits per heavy atom. The largest absolute Gasteiger partial charge is 0.478 e. The number of ether oxygens (including phenoxy) is 1. The lowest BCUT2D eigenvalue weighted by Gasteiger charge is -2.10. The number of nitrogens with one attached hydrogen (secondary N) is 1. The normalized spacial score (nSPS) is 10.5. The van der Waals surface area contributed by atoms with Crippen LogP contribution in [0.1, 0.15) is 24.2 Å².